The van der Waals surface area contributed by atoms with Gasteiger partial charge in [0.15, 0.2) is 0 Å². The highest BCUT2D eigenvalue weighted by Gasteiger charge is 2.10. The summed E-state index contributed by atoms with van der Waals surface area (Å²) < 4.78 is 9.73. The average Bonchev–Trinajstić information content (AvgIpc) is 2.47. The largest absolute Gasteiger partial charge is 0.466 e. The van der Waals surface area contributed by atoms with Gasteiger partial charge >= 0.3 is 11.9 Å². The van der Waals surface area contributed by atoms with E-state index in [1.165, 1.54) is 19.3 Å². The molecule has 0 aliphatic rings. The second kappa shape index (κ2) is 10.8. The monoisotopic (exact) mass is 278 g/mol. The van der Waals surface area contributed by atoms with Gasteiger partial charge in [0.1, 0.15) is 6.10 Å². The number of hydrogen-bond donors (Lipinski definition) is 0. The molecule has 0 atom stereocenters. The van der Waals surface area contributed by atoms with E-state index < -0.39 is 6.10 Å². The molecule has 0 aromatic rings. The topological polar surface area (TPSA) is 52.6 Å². The maximum atomic E-state index is 11.5. The molecule has 0 aliphatic heterocycles. The van der Waals surface area contributed by atoms with Crippen LogP contribution < -0.4 is 0 Å². The Balaban J connectivity index is 4.06. The van der Waals surface area contributed by atoms with Gasteiger partial charge in [-0.2, -0.15) is 0 Å². The Bertz CT molecular complexity index is 385. The summed E-state index contributed by atoms with van der Waals surface area (Å²) in [4.78, 5) is 22.9. The van der Waals surface area contributed by atoms with E-state index in [1.807, 2.05) is 0 Å². The molecule has 0 aromatic carbocycles. The number of unbranched alkanes of at least 4 members (excludes halogenated alkanes) is 1. The number of rotatable bonds is 10. The van der Waals surface area contributed by atoms with Crippen molar-refractivity contribution in [2.24, 2.45) is 0 Å². The van der Waals surface area contributed by atoms with Crippen LogP contribution in [0.1, 0.15) is 25.7 Å². The Hall–Kier alpha value is -2.10. The summed E-state index contributed by atoms with van der Waals surface area (Å²) in [5, 5.41) is 0. The van der Waals surface area contributed by atoms with Crippen molar-refractivity contribution in [2.45, 2.75) is 31.8 Å². The van der Waals surface area contributed by atoms with E-state index in [4.69, 9.17) is 4.74 Å². The number of methoxy groups -OCH3 is 1. The van der Waals surface area contributed by atoms with Crippen LogP contribution in [0.15, 0.2) is 49.6 Å². The lowest BCUT2D eigenvalue weighted by molar-refractivity contribution is -0.145. The van der Waals surface area contributed by atoms with Gasteiger partial charge in [-0.1, -0.05) is 31.9 Å². The number of allylic oxidation sites excluding steroid dienone is 2. The van der Waals surface area contributed by atoms with E-state index in [-0.39, 0.29) is 11.9 Å². The maximum Gasteiger partial charge on any atom is 0.333 e. The van der Waals surface area contributed by atoms with E-state index >= 15 is 0 Å². The number of carbonyl (C=O) groups excluding carboxylic acids is 2. The Morgan fingerprint density at radius 2 is 1.70 bits per heavy atom. The number of hydrogen-bond acceptors (Lipinski definition) is 4. The van der Waals surface area contributed by atoms with Crippen LogP contribution >= 0.6 is 0 Å². The standard InChI is InChI=1S/C16H22O4/c1-5-10-13(16(18)19-4)11-8-9-12-15(17)20-14(6-2)7-3/h5-7,10,14H,1-3,8-9,11-12H2,4H3/b13-10+. The second-order valence-electron chi connectivity index (χ2n) is 4.05. The fourth-order valence-electron chi connectivity index (χ4n) is 1.51. The van der Waals surface area contributed by atoms with E-state index in [0.29, 0.717) is 31.3 Å². The van der Waals surface area contributed by atoms with E-state index in [1.54, 1.807) is 12.2 Å². The summed E-state index contributed by atoms with van der Waals surface area (Å²) >= 11 is 0. The minimum Gasteiger partial charge on any atom is -0.466 e. The van der Waals surface area contributed by atoms with Crippen LogP contribution in [-0.2, 0) is 19.1 Å². The minimum atomic E-state index is -0.450. The average molecular weight is 278 g/mol. The molecule has 0 aromatic heterocycles. The third kappa shape index (κ3) is 7.36. The van der Waals surface area contributed by atoms with Crippen molar-refractivity contribution in [2.75, 3.05) is 7.11 Å². The molecule has 0 heterocycles. The highest BCUT2D eigenvalue weighted by atomic mass is 16.5. The number of carbonyl (C=O) groups is 2. The summed E-state index contributed by atoms with van der Waals surface area (Å²) in [5.41, 5.74) is 0.547. The Kier molecular flexibility index (Phi) is 9.66. The van der Waals surface area contributed by atoms with Gasteiger partial charge in [-0.25, -0.2) is 4.79 Å². The molecule has 0 N–H and O–H groups in total. The molecule has 110 valence electrons. The number of esters is 2. The Labute approximate surface area is 120 Å². The highest BCUT2D eigenvalue weighted by Crippen LogP contribution is 2.12. The highest BCUT2D eigenvalue weighted by molar-refractivity contribution is 5.88. The van der Waals surface area contributed by atoms with Crippen molar-refractivity contribution in [1.29, 1.82) is 0 Å². The molecule has 0 unspecified atom stereocenters. The van der Waals surface area contributed by atoms with Crippen LogP contribution in [0.4, 0.5) is 0 Å². The molecule has 0 saturated heterocycles. The molecule has 4 nitrogen and oxygen atoms in total. The van der Waals surface area contributed by atoms with Crippen LogP contribution in [0.2, 0.25) is 0 Å². The van der Waals surface area contributed by atoms with Crippen molar-refractivity contribution >= 4 is 11.9 Å². The van der Waals surface area contributed by atoms with E-state index in [2.05, 4.69) is 24.5 Å². The van der Waals surface area contributed by atoms with Gasteiger partial charge in [0.25, 0.3) is 0 Å². The van der Waals surface area contributed by atoms with Gasteiger partial charge in [0, 0.05) is 12.0 Å². The van der Waals surface area contributed by atoms with Crippen molar-refractivity contribution in [1.82, 2.24) is 0 Å². The van der Waals surface area contributed by atoms with Gasteiger partial charge in [-0.15, -0.1) is 0 Å². The summed E-state index contributed by atoms with van der Waals surface area (Å²) in [6.07, 6.45) is 7.88. The first-order valence-corrected chi connectivity index (χ1v) is 6.43. The van der Waals surface area contributed by atoms with Crippen LogP contribution in [0, 0.1) is 0 Å². The lowest BCUT2D eigenvalue weighted by Gasteiger charge is -2.09. The lowest BCUT2D eigenvalue weighted by atomic mass is 10.1. The lowest BCUT2D eigenvalue weighted by Crippen LogP contribution is -2.13. The van der Waals surface area contributed by atoms with E-state index in [9.17, 15) is 9.59 Å². The van der Waals surface area contributed by atoms with Gasteiger partial charge in [0.2, 0.25) is 0 Å². The SMILES string of the molecule is C=C/C=C(\CCCCC(=O)OC(C=C)C=C)C(=O)OC. The molecule has 0 aliphatic carbocycles. The first-order valence-electron chi connectivity index (χ1n) is 6.43. The van der Waals surface area contributed by atoms with E-state index in [0.717, 1.165) is 0 Å². The quantitative estimate of drug-likeness (QED) is 0.202. The summed E-state index contributed by atoms with van der Waals surface area (Å²) in [5.74, 6) is -0.673. The molecule has 4 heteroatoms. The van der Waals surface area contributed by atoms with Gasteiger partial charge in [0.05, 0.1) is 7.11 Å². The molecule has 0 amide bonds. The third-order valence-corrected chi connectivity index (χ3v) is 2.58. The molecule has 0 spiro atoms. The summed E-state index contributed by atoms with van der Waals surface area (Å²) in [7, 11) is 1.33. The predicted octanol–water partition coefficient (Wildman–Crippen LogP) is 3.12. The van der Waals surface area contributed by atoms with Crippen molar-refractivity contribution in [3.63, 3.8) is 0 Å². The van der Waals surface area contributed by atoms with Gasteiger partial charge in [-0.05, 0) is 31.4 Å². The first-order chi connectivity index (χ1) is 9.58. The fourth-order valence-corrected chi connectivity index (χ4v) is 1.51. The number of ether oxygens (including phenoxy) is 2. The molecule has 0 saturated carbocycles. The van der Waals surface area contributed by atoms with Gasteiger partial charge < -0.3 is 9.47 Å². The first kappa shape index (κ1) is 17.9. The molecular formula is C16H22O4. The molecule has 0 radical (unpaired) electrons. The van der Waals surface area contributed by atoms with Crippen LogP contribution in [0.5, 0.6) is 0 Å². The van der Waals surface area contributed by atoms with Crippen molar-refractivity contribution < 1.29 is 19.1 Å². The second-order valence-corrected chi connectivity index (χ2v) is 4.05. The summed E-state index contributed by atoms with van der Waals surface area (Å²) in [6, 6.07) is 0. The molecule has 20 heavy (non-hydrogen) atoms. The fraction of sp³-hybridized carbons (Fsp3) is 0.375. The van der Waals surface area contributed by atoms with Crippen molar-refractivity contribution in [3.05, 3.63) is 49.6 Å². The summed E-state index contributed by atoms with van der Waals surface area (Å²) in [6.45, 7) is 10.6. The third-order valence-electron chi connectivity index (χ3n) is 2.58. The molecule has 0 rings (SSSR count). The van der Waals surface area contributed by atoms with Crippen molar-refractivity contribution in [3.8, 4) is 0 Å². The smallest absolute Gasteiger partial charge is 0.333 e. The predicted molar refractivity (Wildman–Crippen MR) is 79.0 cm³/mol. The van der Waals surface area contributed by atoms with Crippen LogP contribution in [0.3, 0.4) is 0 Å². The maximum absolute atomic E-state index is 11.5. The van der Waals surface area contributed by atoms with Crippen LogP contribution in [-0.4, -0.2) is 25.2 Å². The Morgan fingerprint density at radius 1 is 1.10 bits per heavy atom. The Morgan fingerprint density at radius 3 is 2.20 bits per heavy atom. The zero-order valence-electron chi connectivity index (χ0n) is 12.0. The molecular weight excluding hydrogens is 256 g/mol. The zero-order valence-corrected chi connectivity index (χ0v) is 12.0. The van der Waals surface area contributed by atoms with Gasteiger partial charge in [-0.3, -0.25) is 4.79 Å². The molecule has 0 bridgehead atoms. The normalized spacial score (nSPS) is 10.8. The zero-order chi connectivity index (χ0) is 15.4. The minimum absolute atomic E-state index is 0.292. The van der Waals surface area contributed by atoms with Crippen LogP contribution in [0.25, 0.3) is 0 Å². The molecule has 0 fully saturated rings.